The van der Waals surface area contributed by atoms with Gasteiger partial charge >= 0.3 is 0 Å². The quantitative estimate of drug-likeness (QED) is 0.684. The van der Waals surface area contributed by atoms with Crippen LogP contribution in [0.5, 0.6) is 5.75 Å². The molecule has 2 aliphatic heterocycles. The van der Waals surface area contributed by atoms with Crippen molar-refractivity contribution in [1.29, 1.82) is 0 Å². The molecule has 1 aromatic carbocycles. The van der Waals surface area contributed by atoms with Gasteiger partial charge in [-0.3, -0.25) is 4.79 Å². The van der Waals surface area contributed by atoms with Crippen LogP contribution in [0.2, 0.25) is 0 Å². The van der Waals surface area contributed by atoms with E-state index in [0.29, 0.717) is 19.7 Å². The van der Waals surface area contributed by atoms with Crippen LogP contribution in [0.15, 0.2) is 42.0 Å². The van der Waals surface area contributed by atoms with E-state index in [0.717, 1.165) is 46.9 Å². The lowest BCUT2D eigenvalue weighted by atomic mass is 9.91. The third kappa shape index (κ3) is 2.92. The first kappa shape index (κ1) is 16.5. The van der Waals surface area contributed by atoms with Gasteiger partial charge in [-0.25, -0.2) is 9.97 Å². The van der Waals surface area contributed by atoms with Crippen LogP contribution in [0.3, 0.4) is 0 Å². The highest BCUT2D eigenvalue weighted by Crippen LogP contribution is 2.35. The van der Waals surface area contributed by atoms with E-state index in [1.807, 2.05) is 34.5 Å². The van der Waals surface area contributed by atoms with E-state index < -0.39 is 0 Å². The maximum absolute atomic E-state index is 13.2. The van der Waals surface area contributed by atoms with Gasteiger partial charge in [-0.2, -0.15) is 0 Å². The monoisotopic (exact) mass is 380 g/mol. The average molecular weight is 380 g/mol. The molecule has 0 radical (unpaired) electrons. The first-order chi connectivity index (χ1) is 13.3. The Kier molecular flexibility index (Phi) is 4.16. The molecular weight excluding hydrogens is 360 g/mol. The number of aromatic nitrogens is 2. The van der Waals surface area contributed by atoms with Crippen molar-refractivity contribution in [1.82, 2.24) is 14.9 Å². The number of ether oxygens (including phenoxy) is 1. The lowest BCUT2D eigenvalue weighted by molar-refractivity contribution is -0.133. The maximum atomic E-state index is 13.2. The zero-order chi connectivity index (χ0) is 18.2. The standard InChI is InChI=1S/C20H20N4O2S/c25-20(15-5-11-26-17-4-2-1-3-14(15)17)24-9-7-23(8-10-24)18-16-6-12-27-19(16)22-13-21-18/h1-4,6,12-13,15H,5,7-11H2. The van der Waals surface area contributed by atoms with Crippen LogP contribution in [0.4, 0.5) is 5.82 Å². The summed E-state index contributed by atoms with van der Waals surface area (Å²) in [5, 5.41) is 3.14. The fraction of sp³-hybridized carbons (Fsp3) is 0.350. The van der Waals surface area contributed by atoms with Crippen LogP contribution < -0.4 is 9.64 Å². The summed E-state index contributed by atoms with van der Waals surface area (Å²) in [6, 6.07) is 9.98. The van der Waals surface area contributed by atoms with Gasteiger partial charge in [0.15, 0.2) is 0 Å². The van der Waals surface area contributed by atoms with Crippen molar-refractivity contribution in [3.63, 3.8) is 0 Å². The summed E-state index contributed by atoms with van der Waals surface area (Å²) in [5.41, 5.74) is 1.02. The Morgan fingerprint density at radius 1 is 1.11 bits per heavy atom. The number of amides is 1. The second-order valence-corrected chi connectivity index (χ2v) is 7.77. The number of anilines is 1. The Morgan fingerprint density at radius 3 is 2.85 bits per heavy atom. The number of fused-ring (bicyclic) bond motifs is 2. The lowest BCUT2D eigenvalue weighted by Gasteiger charge is -2.38. The lowest BCUT2D eigenvalue weighted by Crippen LogP contribution is -2.50. The van der Waals surface area contributed by atoms with E-state index in [1.54, 1.807) is 17.7 Å². The highest BCUT2D eigenvalue weighted by molar-refractivity contribution is 7.16. The molecule has 4 heterocycles. The van der Waals surface area contributed by atoms with E-state index in [2.05, 4.69) is 20.9 Å². The Labute approximate surface area is 161 Å². The minimum atomic E-state index is -0.0934. The smallest absolute Gasteiger partial charge is 0.230 e. The second kappa shape index (κ2) is 6.81. The van der Waals surface area contributed by atoms with Crippen molar-refractivity contribution in [2.75, 3.05) is 37.7 Å². The number of piperazine rings is 1. The molecular formula is C20H20N4O2S. The molecule has 0 spiro atoms. The van der Waals surface area contributed by atoms with Crippen LogP contribution >= 0.6 is 11.3 Å². The number of rotatable bonds is 2. The molecule has 27 heavy (non-hydrogen) atoms. The number of thiophene rings is 1. The molecule has 1 fully saturated rings. The van der Waals surface area contributed by atoms with E-state index in [4.69, 9.17) is 4.74 Å². The predicted molar refractivity (Wildman–Crippen MR) is 106 cm³/mol. The molecule has 0 saturated carbocycles. The maximum Gasteiger partial charge on any atom is 0.230 e. The average Bonchev–Trinajstić information content (AvgIpc) is 3.22. The number of carbonyl (C=O) groups is 1. The summed E-state index contributed by atoms with van der Waals surface area (Å²) < 4.78 is 5.71. The summed E-state index contributed by atoms with van der Waals surface area (Å²) in [6.07, 6.45) is 2.38. The fourth-order valence-corrected chi connectivity index (χ4v) is 4.71. The van der Waals surface area contributed by atoms with Gasteiger partial charge in [0.1, 0.15) is 22.7 Å². The first-order valence-electron chi connectivity index (χ1n) is 9.25. The topological polar surface area (TPSA) is 58.6 Å². The molecule has 0 aliphatic carbocycles. The molecule has 2 aliphatic rings. The van der Waals surface area contributed by atoms with Gasteiger partial charge in [0, 0.05) is 31.7 Å². The fourth-order valence-electron chi connectivity index (χ4n) is 3.99. The summed E-state index contributed by atoms with van der Waals surface area (Å²) >= 11 is 1.63. The number of carbonyl (C=O) groups excluding carboxylic acids is 1. The Hall–Kier alpha value is -2.67. The number of nitrogens with zero attached hydrogens (tertiary/aromatic N) is 4. The second-order valence-electron chi connectivity index (χ2n) is 6.88. The largest absolute Gasteiger partial charge is 0.493 e. The van der Waals surface area contributed by atoms with Crippen LogP contribution in [0, 0.1) is 0 Å². The number of para-hydroxylation sites is 1. The third-order valence-electron chi connectivity index (χ3n) is 5.39. The van der Waals surface area contributed by atoms with Crippen molar-refractivity contribution in [2.24, 2.45) is 0 Å². The van der Waals surface area contributed by atoms with Gasteiger partial charge in [0.25, 0.3) is 0 Å². The van der Waals surface area contributed by atoms with Crippen LogP contribution in [-0.4, -0.2) is 53.6 Å². The van der Waals surface area contributed by atoms with Crippen molar-refractivity contribution >= 4 is 33.3 Å². The Bertz CT molecular complexity index is 981. The summed E-state index contributed by atoms with van der Waals surface area (Å²) in [4.78, 5) is 27.2. The van der Waals surface area contributed by atoms with Gasteiger partial charge in [0.05, 0.1) is 17.9 Å². The SMILES string of the molecule is O=C(C1CCOc2ccccc21)N1CCN(c2ncnc3sccc23)CC1. The van der Waals surface area contributed by atoms with Crippen molar-refractivity contribution in [3.8, 4) is 5.75 Å². The predicted octanol–water partition coefficient (Wildman–Crippen LogP) is 2.91. The molecule has 0 bridgehead atoms. The first-order valence-corrected chi connectivity index (χ1v) is 10.1. The molecule has 1 atom stereocenters. The highest BCUT2D eigenvalue weighted by atomic mass is 32.1. The summed E-state index contributed by atoms with van der Waals surface area (Å²) in [5.74, 6) is 1.95. The minimum absolute atomic E-state index is 0.0934. The minimum Gasteiger partial charge on any atom is -0.493 e. The Balaban J connectivity index is 1.31. The number of benzene rings is 1. The molecule has 1 amide bonds. The number of hydrogen-bond acceptors (Lipinski definition) is 6. The van der Waals surface area contributed by atoms with E-state index in [1.165, 1.54) is 0 Å². The zero-order valence-corrected chi connectivity index (χ0v) is 15.7. The van der Waals surface area contributed by atoms with Gasteiger partial charge < -0.3 is 14.5 Å². The van der Waals surface area contributed by atoms with Crippen molar-refractivity contribution in [3.05, 3.63) is 47.6 Å². The molecule has 6 nitrogen and oxygen atoms in total. The van der Waals surface area contributed by atoms with Gasteiger partial charge in [0.2, 0.25) is 5.91 Å². The van der Waals surface area contributed by atoms with Gasteiger partial charge in [-0.1, -0.05) is 18.2 Å². The molecule has 138 valence electrons. The summed E-state index contributed by atoms with van der Waals surface area (Å²) in [6.45, 7) is 3.61. The molecule has 5 rings (SSSR count). The third-order valence-corrected chi connectivity index (χ3v) is 6.21. The molecule has 1 saturated heterocycles. The zero-order valence-electron chi connectivity index (χ0n) is 14.9. The van der Waals surface area contributed by atoms with Crippen LogP contribution in [-0.2, 0) is 4.79 Å². The summed E-state index contributed by atoms with van der Waals surface area (Å²) in [7, 11) is 0. The van der Waals surface area contributed by atoms with Crippen molar-refractivity contribution in [2.45, 2.75) is 12.3 Å². The van der Waals surface area contributed by atoms with Crippen LogP contribution in [0.1, 0.15) is 17.9 Å². The molecule has 1 unspecified atom stereocenters. The molecule has 3 aromatic rings. The van der Waals surface area contributed by atoms with Gasteiger partial charge in [-0.15, -0.1) is 11.3 Å². The van der Waals surface area contributed by atoms with E-state index >= 15 is 0 Å². The van der Waals surface area contributed by atoms with Gasteiger partial charge in [-0.05, 0) is 23.9 Å². The normalized spacial score (nSPS) is 19.6. The molecule has 0 N–H and O–H groups in total. The highest BCUT2D eigenvalue weighted by Gasteiger charge is 2.32. The Morgan fingerprint density at radius 2 is 1.96 bits per heavy atom. The van der Waals surface area contributed by atoms with E-state index in [9.17, 15) is 4.79 Å². The van der Waals surface area contributed by atoms with Crippen molar-refractivity contribution < 1.29 is 9.53 Å². The van der Waals surface area contributed by atoms with Crippen LogP contribution in [0.25, 0.3) is 10.2 Å². The molecule has 2 aromatic heterocycles. The van der Waals surface area contributed by atoms with E-state index in [-0.39, 0.29) is 11.8 Å². The molecule has 7 heteroatoms. The number of hydrogen-bond donors (Lipinski definition) is 0.